The van der Waals surface area contributed by atoms with Gasteiger partial charge in [0.15, 0.2) is 5.69 Å². The molecule has 1 rings (SSSR count). The second kappa shape index (κ2) is 4.07. The monoisotopic (exact) mass is 182 g/mol. The Balaban J connectivity index is 2.80. The summed E-state index contributed by atoms with van der Waals surface area (Å²) in [6, 6.07) is 1.98. The first-order chi connectivity index (χ1) is 6.19. The minimum atomic E-state index is -0.387. The molecule has 72 valence electrons. The third-order valence-electron chi connectivity index (χ3n) is 2.05. The van der Waals surface area contributed by atoms with Crippen LogP contribution in [0.1, 0.15) is 36.8 Å². The van der Waals surface area contributed by atoms with Crippen molar-refractivity contribution in [2.75, 3.05) is 7.11 Å². The number of carbonyl (C=O) groups is 1. The fourth-order valence-electron chi connectivity index (χ4n) is 0.984. The largest absolute Gasteiger partial charge is 0.464 e. The van der Waals surface area contributed by atoms with Gasteiger partial charge in [0.05, 0.1) is 7.11 Å². The highest BCUT2D eigenvalue weighted by Gasteiger charge is 2.10. The van der Waals surface area contributed by atoms with Crippen LogP contribution in [0.5, 0.6) is 0 Å². The van der Waals surface area contributed by atoms with E-state index in [1.165, 1.54) is 7.11 Å². The van der Waals surface area contributed by atoms with E-state index in [1.54, 1.807) is 16.9 Å². The molecule has 0 aromatic carbocycles. The van der Waals surface area contributed by atoms with Crippen LogP contribution < -0.4 is 0 Å². The molecule has 1 aromatic heterocycles. The quantitative estimate of drug-likeness (QED) is 0.667. The van der Waals surface area contributed by atoms with E-state index in [1.807, 2.05) is 6.92 Å². The third kappa shape index (κ3) is 2.08. The molecule has 0 aliphatic heterocycles. The van der Waals surface area contributed by atoms with Gasteiger partial charge in [0.1, 0.15) is 0 Å². The summed E-state index contributed by atoms with van der Waals surface area (Å²) in [4.78, 5) is 11.0. The molecule has 4 heteroatoms. The van der Waals surface area contributed by atoms with Crippen molar-refractivity contribution in [1.29, 1.82) is 0 Å². The minimum Gasteiger partial charge on any atom is -0.464 e. The van der Waals surface area contributed by atoms with Gasteiger partial charge in [-0.2, -0.15) is 5.10 Å². The number of esters is 1. The molecule has 0 unspecified atom stereocenters. The minimum absolute atomic E-state index is 0.318. The fourth-order valence-corrected chi connectivity index (χ4v) is 0.984. The highest BCUT2D eigenvalue weighted by atomic mass is 16.5. The van der Waals surface area contributed by atoms with Gasteiger partial charge < -0.3 is 4.74 Å². The smallest absolute Gasteiger partial charge is 0.358 e. The molecule has 1 aromatic rings. The Labute approximate surface area is 77.5 Å². The molecule has 13 heavy (non-hydrogen) atoms. The molecular formula is C9H14N2O2. The molecule has 0 N–H and O–H groups in total. The Morgan fingerprint density at radius 2 is 2.46 bits per heavy atom. The van der Waals surface area contributed by atoms with Gasteiger partial charge >= 0.3 is 5.97 Å². The Morgan fingerprint density at radius 1 is 1.77 bits per heavy atom. The lowest BCUT2D eigenvalue weighted by molar-refractivity contribution is 0.0592. The zero-order chi connectivity index (χ0) is 9.84. The maximum absolute atomic E-state index is 11.0. The van der Waals surface area contributed by atoms with Gasteiger partial charge in [0.2, 0.25) is 0 Å². The van der Waals surface area contributed by atoms with E-state index >= 15 is 0 Å². The van der Waals surface area contributed by atoms with E-state index < -0.39 is 0 Å². The zero-order valence-corrected chi connectivity index (χ0v) is 8.15. The molecule has 0 saturated carbocycles. The number of aromatic nitrogens is 2. The number of rotatable bonds is 3. The Hall–Kier alpha value is -1.32. The lowest BCUT2D eigenvalue weighted by Gasteiger charge is -2.07. The molecule has 0 radical (unpaired) electrons. The maximum Gasteiger partial charge on any atom is 0.358 e. The molecule has 0 fully saturated rings. The van der Waals surface area contributed by atoms with Crippen LogP contribution in [0.3, 0.4) is 0 Å². The summed E-state index contributed by atoms with van der Waals surface area (Å²) in [7, 11) is 1.35. The summed E-state index contributed by atoms with van der Waals surface area (Å²) < 4.78 is 6.32. The average Bonchev–Trinajstić information content (AvgIpc) is 2.64. The van der Waals surface area contributed by atoms with Gasteiger partial charge in [0.25, 0.3) is 0 Å². The molecule has 1 atom stereocenters. The van der Waals surface area contributed by atoms with Crippen molar-refractivity contribution in [3.05, 3.63) is 18.0 Å². The van der Waals surface area contributed by atoms with E-state index in [2.05, 4.69) is 16.8 Å². The Bertz CT molecular complexity index is 294. The van der Waals surface area contributed by atoms with Crippen molar-refractivity contribution in [3.8, 4) is 0 Å². The second-order valence-corrected chi connectivity index (χ2v) is 2.93. The van der Waals surface area contributed by atoms with Gasteiger partial charge in [0, 0.05) is 12.2 Å². The Morgan fingerprint density at radius 3 is 3.00 bits per heavy atom. The number of nitrogens with zero attached hydrogens (tertiary/aromatic N) is 2. The van der Waals surface area contributed by atoms with Gasteiger partial charge in [-0.3, -0.25) is 4.68 Å². The van der Waals surface area contributed by atoms with Crippen LogP contribution in [0.25, 0.3) is 0 Å². The summed E-state index contributed by atoms with van der Waals surface area (Å²) in [6.45, 7) is 4.12. The first-order valence-corrected chi connectivity index (χ1v) is 4.32. The number of ether oxygens (including phenoxy) is 1. The van der Waals surface area contributed by atoms with Gasteiger partial charge in [-0.1, -0.05) is 6.92 Å². The third-order valence-corrected chi connectivity index (χ3v) is 2.05. The molecule has 1 heterocycles. The van der Waals surface area contributed by atoms with Crippen molar-refractivity contribution >= 4 is 5.97 Å². The van der Waals surface area contributed by atoms with Crippen LogP contribution in [0.2, 0.25) is 0 Å². The lowest BCUT2D eigenvalue weighted by atomic mass is 10.3. The van der Waals surface area contributed by atoms with E-state index in [9.17, 15) is 4.79 Å². The normalized spacial score (nSPS) is 12.5. The number of carbonyl (C=O) groups excluding carboxylic acids is 1. The predicted molar refractivity (Wildman–Crippen MR) is 48.6 cm³/mol. The van der Waals surface area contributed by atoms with Crippen LogP contribution in [-0.4, -0.2) is 22.9 Å². The molecule has 0 spiro atoms. The van der Waals surface area contributed by atoms with Crippen LogP contribution >= 0.6 is 0 Å². The summed E-state index contributed by atoms with van der Waals surface area (Å²) in [5.74, 6) is -0.387. The van der Waals surface area contributed by atoms with E-state index in [0.29, 0.717) is 11.7 Å². The number of hydrogen-bond acceptors (Lipinski definition) is 3. The van der Waals surface area contributed by atoms with Gasteiger partial charge in [-0.05, 0) is 19.4 Å². The van der Waals surface area contributed by atoms with E-state index in [0.717, 1.165) is 6.42 Å². The number of hydrogen-bond donors (Lipinski definition) is 0. The predicted octanol–water partition coefficient (Wildman–Crippen LogP) is 1.64. The molecule has 0 bridgehead atoms. The zero-order valence-electron chi connectivity index (χ0n) is 8.15. The highest BCUT2D eigenvalue weighted by Crippen LogP contribution is 2.09. The van der Waals surface area contributed by atoms with Crippen molar-refractivity contribution < 1.29 is 9.53 Å². The molecule has 0 saturated heterocycles. The SMILES string of the molecule is CC[C@@H](C)n1ccc(C(=O)OC)n1. The summed E-state index contributed by atoms with van der Waals surface area (Å²) in [5, 5.41) is 4.09. The summed E-state index contributed by atoms with van der Waals surface area (Å²) in [5.41, 5.74) is 0.364. The topological polar surface area (TPSA) is 44.1 Å². The highest BCUT2D eigenvalue weighted by molar-refractivity contribution is 5.86. The van der Waals surface area contributed by atoms with Crippen molar-refractivity contribution in [3.63, 3.8) is 0 Å². The molecule has 0 amide bonds. The van der Waals surface area contributed by atoms with Gasteiger partial charge in [-0.15, -0.1) is 0 Å². The Kier molecular flexibility index (Phi) is 3.06. The van der Waals surface area contributed by atoms with E-state index in [-0.39, 0.29) is 5.97 Å². The van der Waals surface area contributed by atoms with Crippen LogP contribution in [0.4, 0.5) is 0 Å². The standard InChI is InChI=1S/C9H14N2O2/c1-4-7(2)11-6-5-8(10-11)9(12)13-3/h5-7H,4H2,1-3H3/t7-/m1/s1. The summed E-state index contributed by atoms with van der Waals surface area (Å²) in [6.07, 6.45) is 2.78. The molecule has 0 aliphatic carbocycles. The average molecular weight is 182 g/mol. The molecule has 0 aliphatic rings. The first-order valence-electron chi connectivity index (χ1n) is 4.32. The van der Waals surface area contributed by atoms with Crippen LogP contribution in [0, 0.1) is 0 Å². The van der Waals surface area contributed by atoms with Crippen molar-refractivity contribution in [2.24, 2.45) is 0 Å². The first kappa shape index (κ1) is 9.77. The number of methoxy groups -OCH3 is 1. The van der Waals surface area contributed by atoms with Gasteiger partial charge in [-0.25, -0.2) is 4.79 Å². The van der Waals surface area contributed by atoms with Crippen LogP contribution in [0.15, 0.2) is 12.3 Å². The van der Waals surface area contributed by atoms with Crippen molar-refractivity contribution in [2.45, 2.75) is 26.3 Å². The van der Waals surface area contributed by atoms with Crippen molar-refractivity contribution in [1.82, 2.24) is 9.78 Å². The van der Waals surface area contributed by atoms with Crippen LogP contribution in [-0.2, 0) is 4.74 Å². The fraction of sp³-hybridized carbons (Fsp3) is 0.556. The lowest BCUT2D eigenvalue weighted by Crippen LogP contribution is -2.07. The van der Waals surface area contributed by atoms with E-state index in [4.69, 9.17) is 0 Å². The molecule has 4 nitrogen and oxygen atoms in total. The summed E-state index contributed by atoms with van der Waals surface area (Å²) >= 11 is 0. The second-order valence-electron chi connectivity index (χ2n) is 2.93. The molecular weight excluding hydrogens is 168 g/mol. The maximum atomic E-state index is 11.0.